The molecule has 130 valence electrons. The van der Waals surface area contributed by atoms with E-state index in [2.05, 4.69) is 9.97 Å². The van der Waals surface area contributed by atoms with Crippen LogP contribution in [0, 0.1) is 0 Å². The van der Waals surface area contributed by atoms with Crippen molar-refractivity contribution in [3.05, 3.63) is 96.1 Å². The van der Waals surface area contributed by atoms with E-state index in [4.69, 9.17) is 9.73 Å². The Labute approximate surface area is 152 Å². The fourth-order valence-corrected chi connectivity index (χ4v) is 2.55. The highest BCUT2D eigenvalue weighted by Crippen LogP contribution is 2.21. The van der Waals surface area contributed by atoms with Crippen molar-refractivity contribution in [3.63, 3.8) is 0 Å². The molecule has 0 unspecified atom stereocenters. The highest BCUT2D eigenvalue weighted by Gasteiger charge is 2.24. The Kier molecular flexibility index (Phi) is 5.83. The van der Waals surface area contributed by atoms with Gasteiger partial charge >= 0.3 is 5.97 Å². The lowest BCUT2D eigenvalue weighted by Crippen LogP contribution is -2.18. The number of rotatable bonds is 6. The van der Waals surface area contributed by atoms with Crippen LogP contribution in [0.1, 0.15) is 29.8 Å². The number of benzene rings is 2. The molecule has 3 aromatic rings. The number of esters is 1. The Morgan fingerprint density at radius 2 is 1.62 bits per heavy atom. The summed E-state index contributed by atoms with van der Waals surface area (Å²) in [5, 5.41) is 0. The normalized spacial score (nSPS) is 11.4. The van der Waals surface area contributed by atoms with Crippen LogP contribution >= 0.6 is 0 Å². The highest BCUT2D eigenvalue weighted by atomic mass is 16.5. The molecule has 0 saturated heterocycles. The number of aromatic nitrogens is 2. The van der Waals surface area contributed by atoms with Gasteiger partial charge in [-0.2, -0.15) is 0 Å². The molecule has 2 aromatic carbocycles. The van der Waals surface area contributed by atoms with E-state index >= 15 is 0 Å². The Morgan fingerprint density at radius 3 is 2.12 bits per heavy atom. The summed E-state index contributed by atoms with van der Waals surface area (Å²) in [5.74, 6) is -0.447. The molecule has 1 heterocycles. The van der Waals surface area contributed by atoms with E-state index in [0.717, 1.165) is 11.1 Å². The fourth-order valence-electron chi connectivity index (χ4n) is 2.55. The lowest BCUT2D eigenvalue weighted by atomic mass is 10.0. The third-order valence-corrected chi connectivity index (χ3v) is 3.73. The van der Waals surface area contributed by atoms with Crippen molar-refractivity contribution >= 4 is 11.7 Å². The van der Waals surface area contributed by atoms with Gasteiger partial charge in [-0.05, 0) is 6.92 Å². The molecule has 5 heteroatoms. The van der Waals surface area contributed by atoms with Gasteiger partial charge in [-0.3, -0.25) is 15.0 Å². The van der Waals surface area contributed by atoms with Crippen LogP contribution in [0.2, 0.25) is 0 Å². The van der Waals surface area contributed by atoms with Crippen molar-refractivity contribution in [1.29, 1.82) is 0 Å². The fraction of sp³-hybridized carbons (Fsp3) is 0.143. The molecule has 1 atom stereocenters. The third-order valence-electron chi connectivity index (χ3n) is 3.73. The summed E-state index contributed by atoms with van der Waals surface area (Å²) < 4.78 is 5.22. The van der Waals surface area contributed by atoms with Gasteiger partial charge in [-0.1, -0.05) is 60.7 Å². The largest absolute Gasteiger partial charge is 0.464 e. The topological polar surface area (TPSA) is 64.4 Å². The van der Waals surface area contributed by atoms with Gasteiger partial charge in [-0.25, -0.2) is 4.79 Å². The first-order valence-electron chi connectivity index (χ1n) is 8.40. The van der Waals surface area contributed by atoms with Gasteiger partial charge in [0.15, 0.2) is 6.04 Å². The summed E-state index contributed by atoms with van der Waals surface area (Å²) in [6.45, 7) is 2.04. The lowest BCUT2D eigenvalue weighted by Gasteiger charge is -2.14. The molecule has 0 spiro atoms. The molecule has 5 nitrogen and oxygen atoms in total. The average molecular weight is 345 g/mol. The van der Waals surface area contributed by atoms with Crippen molar-refractivity contribution in [3.8, 4) is 0 Å². The molecular formula is C21H19N3O2. The zero-order valence-electron chi connectivity index (χ0n) is 14.4. The molecule has 0 N–H and O–H groups in total. The van der Waals surface area contributed by atoms with Crippen LogP contribution in [-0.4, -0.2) is 28.3 Å². The van der Waals surface area contributed by atoms with E-state index in [1.807, 2.05) is 60.7 Å². The first-order chi connectivity index (χ1) is 12.8. The van der Waals surface area contributed by atoms with Crippen molar-refractivity contribution in [2.45, 2.75) is 13.0 Å². The maximum Gasteiger partial charge on any atom is 0.337 e. The van der Waals surface area contributed by atoms with Crippen molar-refractivity contribution < 1.29 is 9.53 Å². The van der Waals surface area contributed by atoms with Crippen LogP contribution in [0.15, 0.2) is 84.2 Å². The van der Waals surface area contributed by atoms with Crippen LogP contribution in [0.5, 0.6) is 0 Å². The maximum atomic E-state index is 12.5. The number of nitrogens with zero attached hydrogens (tertiary/aromatic N) is 3. The minimum Gasteiger partial charge on any atom is -0.464 e. The molecule has 0 aliphatic heterocycles. The Hall–Kier alpha value is -3.34. The molecule has 0 saturated carbocycles. The number of hydrogen-bond donors (Lipinski definition) is 0. The number of carbonyl (C=O) groups is 1. The summed E-state index contributed by atoms with van der Waals surface area (Å²) in [7, 11) is 0. The SMILES string of the molecule is CCOC(=O)[C@@H](N=C(c1ccccc1)c1ccccc1)c1cnccn1. The van der Waals surface area contributed by atoms with Gasteiger partial charge in [0.2, 0.25) is 0 Å². The molecule has 0 bridgehead atoms. The predicted octanol–water partition coefficient (Wildman–Crippen LogP) is 3.62. The third kappa shape index (κ3) is 4.19. The molecule has 0 amide bonds. The van der Waals surface area contributed by atoms with Crippen LogP contribution in [0.4, 0.5) is 0 Å². The summed E-state index contributed by atoms with van der Waals surface area (Å²) >= 11 is 0. The molecule has 26 heavy (non-hydrogen) atoms. The van der Waals surface area contributed by atoms with Crippen molar-refractivity contribution in [2.24, 2.45) is 4.99 Å². The standard InChI is InChI=1S/C21H19N3O2/c1-2-26-21(25)20(18-15-22-13-14-23-18)24-19(16-9-5-3-6-10-16)17-11-7-4-8-12-17/h3-15,20H,2H2,1H3/t20-/m0/s1. The minimum absolute atomic E-state index is 0.275. The van der Waals surface area contributed by atoms with Gasteiger partial charge in [0.25, 0.3) is 0 Å². The molecule has 3 rings (SSSR count). The van der Waals surface area contributed by atoms with Gasteiger partial charge < -0.3 is 4.74 Å². The van der Waals surface area contributed by atoms with E-state index in [-0.39, 0.29) is 6.61 Å². The quantitative estimate of drug-likeness (QED) is 0.506. The number of carbonyl (C=O) groups excluding carboxylic acids is 1. The molecular weight excluding hydrogens is 326 g/mol. The summed E-state index contributed by atoms with van der Waals surface area (Å²) in [6, 6.07) is 18.6. The van der Waals surface area contributed by atoms with E-state index < -0.39 is 12.0 Å². The Bertz CT molecular complexity index is 824. The molecule has 0 radical (unpaired) electrons. The van der Waals surface area contributed by atoms with Crippen LogP contribution in [0.25, 0.3) is 0 Å². The van der Waals surface area contributed by atoms with E-state index in [1.165, 1.54) is 0 Å². The van der Waals surface area contributed by atoms with E-state index in [0.29, 0.717) is 11.4 Å². The summed E-state index contributed by atoms with van der Waals surface area (Å²) in [6.07, 6.45) is 4.64. The first-order valence-corrected chi connectivity index (χ1v) is 8.40. The number of hydrogen-bond acceptors (Lipinski definition) is 5. The Morgan fingerprint density at radius 1 is 1.00 bits per heavy atom. The predicted molar refractivity (Wildman–Crippen MR) is 99.9 cm³/mol. The van der Waals surface area contributed by atoms with Gasteiger partial charge in [0.1, 0.15) is 0 Å². The van der Waals surface area contributed by atoms with Crippen LogP contribution in [-0.2, 0) is 9.53 Å². The second kappa shape index (κ2) is 8.67. The Balaban J connectivity index is 2.12. The summed E-state index contributed by atoms with van der Waals surface area (Å²) in [5.41, 5.74) is 2.99. The molecule has 0 aliphatic rings. The van der Waals surface area contributed by atoms with Crippen molar-refractivity contribution in [2.75, 3.05) is 6.61 Å². The lowest BCUT2D eigenvalue weighted by molar-refractivity contribution is -0.144. The smallest absolute Gasteiger partial charge is 0.337 e. The molecule has 0 aliphatic carbocycles. The number of ether oxygens (including phenoxy) is 1. The molecule has 1 aromatic heterocycles. The molecule has 0 fully saturated rings. The maximum absolute atomic E-state index is 12.5. The average Bonchev–Trinajstić information content (AvgIpc) is 2.71. The van der Waals surface area contributed by atoms with Crippen molar-refractivity contribution in [1.82, 2.24) is 9.97 Å². The van der Waals surface area contributed by atoms with Gasteiger partial charge in [0.05, 0.1) is 24.2 Å². The zero-order valence-corrected chi connectivity index (χ0v) is 14.4. The summed E-state index contributed by atoms with van der Waals surface area (Å²) in [4.78, 5) is 25.6. The van der Waals surface area contributed by atoms with Gasteiger partial charge in [-0.15, -0.1) is 0 Å². The first kappa shape index (κ1) is 17.5. The monoisotopic (exact) mass is 345 g/mol. The van der Waals surface area contributed by atoms with Crippen LogP contribution < -0.4 is 0 Å². The van der Waals surface area contributed by atoms with Crippen LogP contribution in [0.3, 0.4) is 0 Å². The van der Waals surface area contributed by atoms with Gasteiger partial charge in [0, 0.05) is 23.5 Å². The van der Waals surface area contributed by atoms with E-state index in [9.17, 15) is 4.79 Å². The second-order valence-electron chi connectivity index (χ2n) is 5.49. The highest BCUT2D eigenvalue weighted by molar-refractivity contribution is 6.13. The minimum atomic E-state index is -0.876. The number of aliphatic imine (C=N–C) groups is 1. The van der Waals surface area contributed by atoms with E-state index in [1.54, 1.807) is 25.5 Å². The second-order valence-corrected chi connectivity index (χ2v) is 5.49. The zero-order chi connectivity index (χ0) is 18.2.